The lowest BCUT2D eigenvalue weighted by Gasteiger charge is -2.08. The molecule has 1 heterocycles. The highest BCUT2D eigenvalue weighted by Crippen LogP contribution is 2.29. The summed E-state index contributed by atoms with van der Waals surface area (Å²) in [6.07, 6.45) is 0. The molecule has 19 heavy (non-hydrogen) atoms. The molecule has 94 valence electrons. The third kappa shape index (κ3) is 2.22. The van der Waals surface area contributed by atoms with Gasteiger partial charge in [-0.2, -0.15) is 0 Å². The van der Waals surface area contributed by atoms with E-state index in [1.165, 1.54) is 5.56 Å². The van der Waals surface area contributed by atoms with E-state index < -0.39 is 0 Å². The van der Waals surface area contributed by atoms with Crippen molar-refractivity contribution in [1.82, 2.24) is 4.98 Å². The smallest absolute Gasteiger partial charge is 0.0753 e. The molecular formula is C17H14ClN. The number of hydrogen-bond donors (Lipinski definition) is 0. The average molecular weight is 268 g/mol. The Hall–Kier alpha value is -1.86. The van der Waals surface area contributed by atoms with Crippen molar-refractivity contribution < 1.29 is 0 Å². The van der Waals surface area contributed by atoms with Gasteiger partial charge in [0, 0.05) is 10.9 Å². The molecule has 0 spiro atoms. The molecule has 3 aromatic rings. The fourth-order valence-corrected chi connectivity index (χ4v) is 2.48. The number of aryl methyl sites for hydroxylation is 2. The summed E-state index contributed by atoms with van der Waals surface area (Å²) in [6, 6.07) is 16.4. The molecule has 2 aromatic carbocycles. The highest BCUT2D eigenvalue weighted by Gasteiger charge is 2.07. The van der Waals surface area contributed by atoms with Crippen molar-refractivity contribution in [1.29, 1.82) is 0 Å². The molecule has 0 aliphatic heterocycles. The number of hydrogen-bond acceptors (Lipinski definition) is 1. The van der Waals surface area contributed by atoms with Crippen molar-refractivity contribution in [3.05, 3.63) is 64.7 Å². The Labute approximate surface area is 117 Å². The minimum absolute atomic E-state index is 0.754. The Morgan fingerprint density at radius 3 is 2.42 bits per heavy atom. The summed E-state index contributed by atoms with van der Waals surface area (Å²) >= 11 is 6.38. The van der Waals surface area contributed by atoms with Gasteiger partial charge >= 0.3 is 0 Å². The molecule has 0 radical (unpaired) electrons. The van der Waals surface area contributed by atoms with Crippen LogP contribution in [-0.2, 0) is 0 Å². The molecular weight excluding hydrogens is 254 g/mol. The molecule has 0 atom stereocenters. The number of pyridine rings is 1. The van der Waals surface area contributed by atoms with E-state index in [2.05, 4.69) is 44.2 Å². The molecule has 0 N–H and O–H groups in total. The lowest BCUT2D eigenvalue weighted by Crippen LogP contribution is -1.89. The maximum atomic E-state index is 6.38. The lowest BCUT2D eigenvalue weighted by atomic mass is 10.1. The largest absolute Gasteiger partial charge is 0.247 e. The van der Waals surface area contributed by atoms with E-state index in [-0.39, 0.29) is 0 Å². The molecule has 0 amide bonds. The Bertz CT molecular complexity index is 745. The van der Waals surface area contributed by atoms with Crippen molar-refractivity contribution in [3.63, 3.8) is 0 Å². The first kappa shape index (κ1) is 12.2. The quantitative estimate of drug-likeness (QED) is 0.593. The number of benzene rings is 2. The second kappa shape index (κ2) is 4.67. The second-order valence-electron chi connectivity index (χ2n) is 4.83. The van der Waals surface area contributed by atoms with Crippen LogP contribution in [-0.4, -0.2) is 4.98 Å². The highest BCUT2D eigenvalue weighted by molar-refractivity contribution is 6.35. The molecule has 0 unspecified atom stereocenters. The van der Waals surface area contributed by atoms with Crippen molar-refractivity contribution in [2.75, 3.05) is 0 Å². The number of rotatable bonds is 1. The van der Waals surface area contributed by atoms with Crippen molar-refractivity contribution in [3.8, 4) is 11.3 Å². The first-order valence-electron chi connectivity index (χ1n) is 6.28. The van der Waals surface area contributed by atoms with Crippen LogP contribution in [0.5, 0.6) is 0 Å². The summed E-state index contributed by atoms with van der Waals surface area (Å²) in [6.45, 7) is 4.14. The van der Waals surface area contributed by atoms with Gasteiger partial charge in [-0.3, -0.25) is 0 Å². The minimum Gasteiger partial charge on any atom is -0.247 e. The van der Waals surface area contributed by atoms with E-state index in [9.17, 15) is 0 Å². The van der Waals surface area contributed by atoms with Gasteiger partial charge in [-0.05, 0) is 25.5 Å². The van der Waals surface area contributed by atoms with Gasteiger partial charge in [0.1, 0.15) is 0 Å². The minimum atomic E-state index is 0.754. The van der Waals surface area contributed by atoms with Crippen LogP contribution in [0, 0.1) is 13.8 Å². The summed E-state index contributed by atoms with van der Waals surface area (Å²) in [5.74, 6) is 0. The number of para-hydroxylation sites is 1. The second-order valence-corrected chi connectivity index (χ2v) is 5.23. The predicted molar refractivity (Wildman–Crippen MR) is 81.7 cm³/mol. The zero-order valence-corrected chi connectivity index (χ0v) is 11.7. The number of fused-ring (bicyclic) bond motifs is 1. The molecule has 0 saturated heterocycles. The fraction of sp³-hybridized carbons (Fsp3) is 0.118. The van der Waals surface area contributed by atoms with E-state index in [0.717, 1.165) is 32.7 Å². The molecule has 0 bridgehead atoms. The standard InChI is InChI=1S/C17H14ClN/c1-11-6-8-13(9-7-11)16-10-15(18)14-5-3-4-12(2)17(14)19-16/h3-10H,1-2H3. The zero-order chi connectivity index (χ0) is 13.4. The number of nitrogens with zero attached hydrogens (tertiary/aromatic N) is 1. The van der Waals surface area contributed by atoms with Gasteiger partial charge in [0.25, 0.3) is 0 Å². The summed E-state index contributed by atoms with van der Waals surface area (Å²) in [5, 5.41) is 1.77. The van der Waals surface area contributed by atoms with E-state index in [0.29, 0.717) is 0 Å². The van der Waals surface area contributed by atoms with Gasteiger partial charge in [-0.25, -0.2) is 4.98 Å². The van der Waals surface area contributed by atoms with Gasteiger partial charge in [0.05, 0.1) is 16.2 Å². The van der Waals surface area contributed by atoms with Gasteiger partial charge in [0.15, 0.2) is 0 Å². The van der Waals surface area contributed by atoms with Crippen molar-refractivity contribution in [2.45, 2.75) is 13.8 Å². The fourth-order valence-electron chi connectivity index (χ4n) is 2.22. The molecule has 0 saturated carbocycles. The van der Waals surface area contributed by atoms with Crippen LogP contribution in [0.3, 0.4) is 0 Å². The van der Waals surface area contributed by atoms with Crippen molar-refractivity contribution in [2.24, 2.45) is 0 Å². The van der Waals surface area contributed by atoms with E-state index in [1.807, 2.05) is 18.2 Å². The molecule has 0 fully saturated rings. The first-order valence-corrected chi connectivity index (χ1v) is 6.66. The zero-order valence-electron chi connectivity index (χ0n) is 10.9. The Morgan fingerprint density at radius 1 is 0.947 bits per heavy atom. The van der Waals surface area contributed by atoms with Crippen LogP contribution >= 0.6 is 11.6 Å². The van der Waals surface area contributed by atoms with Crippen LogP contribution in [0.2, 0.25) is 5.02 Å². The Balaban J connectivity index is 2.25. The van der Waals surface area contributed by atoms with Crippen LogP contribution < -0.4 is 0 Å². The molecule has 1 nitrogen and oxygen atoms in total. The monoisotopic (exact) mass is 267 g/mol. The van der Waals surface area contributed by atoms with E-state index in [4.69, 9.17) is 16.6 Å². The average Bonchev–Trinajstić information content (AvgIpc) is 2.41. The Kier molecular flexibility index (Phi) is 3.00. The highest BCUT2D eigenvalue weighted by atomic mass is 35.5. The summed E-state index contributed by atoms with van der Waals surface area (Å²) in [4.78, 5) is 4.75. The van der Waals surface area contributed by atoms with Gasteiger partial charge in [-0.15, -0.1) is 0 Å². The lowest BCUT2D eigenvalue weighted by molar-refractivity contribution is 1.35. The molecule has 0 aliphatic carbocycles. The third-order valence-corrected chi connectivity index (χ3v) is 3.65. The van der Waals surface area contributed by atoms with Crippen LogP contribution in [0.25, 0.3) is 22.2 Å². The third-order valence-electron chi connectivity index (χ3n) is 3.34. The normalized spacial score (nSPS) is 10.9. The summed E-state index contributed by atoms with van der Waals surface area (Å²) in [7, 11) is 0. The summed E-state index contributed by atoms with van der Waals surface area (Å²) < 4.78 is 0. The molecule has 2 heteroatoms. The topological polar surface area (TPSA) is 12.9 Å². The van der Waals surface area contributed by atoms with Crippen LogP contribution in [0.15, 0.2) is 48.5 Å². The number of halogens is 1. The number of aromatic nitrogens is 1. The maximum absolute atomic E-state index is 6.38. The Morgan fingerprint density at radius 2 is 1.68 bits per heavy atom. The van der Waals surface area contributed by atoms with Crippen LogP contribution in [0.4, 0.5) is 0 Å². The van der Waals surface area contributed by atoms with Gasteiger partial charge < -0.3 is 0 Å². The predicted octanol–water partition coefficient (Wildman–Crippen LogP) is 5.17. The first-order chi connectivity index (χ1) is 9.15. The maximum Gasteiger partial charge on any atom is 0.0753 e. The molecule has 3 rings (SSSR count). The van der Waals surface area contributed by atoms with Gasteiger partial charge in [0.2, 0.25) is 0 Å². The summed E-state index contributed by atoms with van der Waals surface area (Å²) in [5.41, 5.74) is 5.38. The van der Waals surface area contributed by atoms with Crippen LogP contribution in [0.1, 0.15) is 11.1 Å². The van der Waals surface area contributed by atoms with E-state index in [1.54, 1.807) is 0 Å². The van der Waals surface area contributed by atoms with E-state index >= 15 is 0 Å². The van der Waals surface area contributed by atoms with Gasteiger partial charge in [-0.1, -0.05) is 59.6 Å². The molecule has 1 aromatic heterocycles. The van der Waals surface area contributed by atoms with Crippen molar-refractivity contribution >= 4 is 22.5 Å². The molecule has 0 aliphatic rings. The SMILES string of the molecule is Cc1ccc(-c2cc(Cl)c3cccc(C)c3n2)cc1.